The van der Waals surface area contributed by atoms with Gasteiger partial charge in [0.2, 0.25) is 0 Å². The Hall–Kier alpha value is -2.88. The lowest BCUT2D eigenvalue weighted by molar-refractivity contribution is 1.67. The second-order valence-corrected chi connectivity index (χ2v) is 4.46. The van der Waals surface area contributed by atoms with Crippen molar-refractivity contribution in [2.75, 3.05) is 22.9 Å². The van der Waals surface area contributed by atoms with E-state index in [2.05, 4.69) is 0 Å². The molecule has 3 rings (SSSR count). The van der Waals surface area contributed by atoms with Gasteiger partial charge < -0.3 is 22.9 Å². The summed E-state index contributed by atoms with van der Waals surface area (Å²) >= 11 is 0. The molecule has 3 aromatic rings. The molecule has 8 N–H and O–H groups in total. The molecule has 3 aromatic carbocycles. The Kier molecular flexibility index (Phi) is 3.96. The van der Waals surface area contributed by atoms with Gasteiger partial charge >= 0.3 is 0 Å². The van der Waals surface area contributed by atoms with Crippen LogP contribution in [0.2, 0.25) is 0 Å². The van der Waals surface area contributed by atoms with Crippen LogP contribution in [-0.2, 0) is 0 Å². The number of hydrogen-bond acceptors (Lipinski definition) is 4. The van der Waals surface area contributed by atoms with Crippen molar-refractivity contribution in [1.29, 1.82) is 0 Å². The molecule has 0 fully saturated rings. The lowest BCUT2D eigenvalue weighted by Crippen LogP contribution is -1.90. The molecule has 0 spiro atoms. The molecule has 0 unspecified atom stereocenters. The van der Waals surface area contributed by atoms with Crippen LogP contribution in [0.4, 0.5) is 22.7 Å². The van der Waals surface area contributed by atoms with Crippen LogP contribution in [0.15, 0.2) is 60.7 Å². The molecule has 0 atom stereocenters. The Morgan fingerprint density at radius 1 is 0.500 bits per heavy atom. The summed E-state index contributed by atoms with van der Waals surface area (Å²) in [5.41, 5.74) is 25.3. The Labute approximate surface area is 118 Å². The third-order valence-corrected chi connectivity index (χ3v) is 2.90. The summed E-state index contributed by atoms with van der Waals surface area (Å²) in [5.74, 6) is 0. The first-order valence-corrected chi connectivity index (χ1v) is 6.21. The van der Waals surface area contributed by atoms with E-state index in [-0.39, 0.29) is 0 Å². The molecular weight excluding hydrogens is 248 g/mol. The minimum Gasteiger partial charge on any atom is -0.399 e. The van der Waals surface area contributed by atoms with Gasteiger partial charge in [-0.05, 0) is 30.3 Å². The summed E-state index contributed by atoms with van der Waals surface area (Å²) < 4.78 is 0. The molecule has 0 heterocycles. The first-order chi connectivity index (χ1) is 9.58. The molecule has 102 valence electrons. The second-order valence-electron chi connectivity index (χ2n) is 4.46. The first-order valence-electron chi connectivity index (χ1n) is 6.21. The van der Waals surface area contributed by atoms with Crippen molar-refractivity contribution < 1.29 is 0 Å². The van der Waals surface area contributed by atoms with Crippen LogP contribution in [-0.4, -0.2) is 0 Å². The molecule has 0 aliphatic heterocycles. The highest BCUT2D eigenvalue weighted by atomic mass is 14.6. The van der Waals surface area contributed by atoms with Crippen LogP contribution in [0.25, 0.3) is 10.8 Å². The molecule has 0 radical (unpaired) electrons. The highest BCUT2D eigenvalue weighted by Crippen LogP contribution is 2.24. The van der Waals surface area contributed by atoms with Gasteiger partial charge in [0, 0.05) is 33.5 Å². The van der Waals surface area contributed by atoms with Crippen LogP contribution in [0.5, 0.6) is 0 Å². The lowest BCUT2D eigenvalue weighted by Gasteiger charge is -2.03. The highest BCUT2D eigenvalue weighted by Gasteiger charge is 1.98. The number of rotatable bonds is 0. The van der Waals surface area contributed by atoms with Gasteiger partial charge in [-0.2, -0.15) is 0 Å². The third-order valence-electron chi connectivity index (χ3n) is 2.90. The van der Waals surface area contributed by atoms with Crippen molar-refractivity contribution in [1.82, 2.24) is 0 Å². The summed E-state index contributed by atoms with van der Waals surface area (Å²) in [7, 11) is 0. The summed E-state index contributed by atoms with van der Waals surface area (Å²) in [6.45, 7) is 0. The van der Waals surface area contributed by atoms with E-state index in [4.69, 9.17) is 22.9 Å². The molecular formula is C16H18N4. The smallest absolute Gasteiger partial charge is 0.0394 e. The summed E-state index contributed by atoms with van der Waals surface area (Å²) in [6.07, 6.45) is 0. The van der Waals surface area contributed by atoms with Crippen molar-refractivity contribution in [3.05, 3.63) is 60.7 Å². The Morgan fingerprint density at radius 2 is 0.900 bits per heavy atom. The van der Waals surface area contributed by atoms with E-state index in [9.17, 15) is 0 Å². The number of anilines is 4. The van der Waals surface area contributed by atoms with Gasteiger partial charge in [0.05, 0.1) is 0 Å². The van der Waals surface area contributed by atoms with Crippen molar-refractivity contribution in [2.24, 2.45) is 0 Å². The lowest BCUT2D eigenvalue weighted by atomic mass is 10.1. The van der Waals surface area contributed by atoms with Gasteiger partial charge in [-0.3, -0.25) is 0 Å². The minimum atomic E-state index is 0.713. The zero-order valence-electron chi connectivity index (χ0n) is 11.1. The zero-order chi connectivity index (χ0) is 14.5. The van der Waals surface area contributed by atoms with Crippen LogP contribution in [0.1, 0.15) is 0 Å². The van der Waals surface area contributed by atoms with E-state index in [1.165, 1.54) is 0 Å². The number of nitrogens with two attached hydrogens (primary N) is 4. The third kappa shape index (κ3) is 3.11. The fourth-order valence-electron chi connectivity index (χ4n) is 1.92. The molecule has 0 saturated heterocycles. The standard InChI is InChI=1S/C10H10N2.C6H8N2/c11-9-5-1-3-7-8(9)4-2-6-10(7)12;7-5-2-1-3-6(8)4-5/h1-6H,11-12H2;1-4H,7-8H2. The Bertz CT molecular complexity index is 664. The van der Waals surface area contributed by atoms with E-state index < -0.39 is 0 Å². The fourth-order valence-corrected chi connectivity index (χ4v) is 1.92. The molecule has 0 bridgehead atoms. The quantitative estimate of drug-likeness (QED) is 0.469. The maximum Gasteiger partial charge on any atom is 0.0394 e. The Balaban J connectivity index is 0.000000160. The van der Waals surface area contributed by atoms with E-state index in [0.717, 1.165) is 22.1 Å². The van der Waals surface area contributed by atoms with Crippen molar-refractivity contribution in [3.8, 4) is 0 Å². The molecule has 4 nitrogen and oxygen atoms in total. The van der Waals surface area contributed by atoms with E-state index in [1.807, 2.05) is 42.5 Å². The van der Waals surface area contributed by atoms with Crippen LogP contribution < -0.4 is 22.9 Å². The predicted octanol–water partition coefficient (Wildman–Crippen LogP) is 2.86. The average molecular weight is 266 g/mol. The van der Waals surface area contributed by atoms with Gasteiger partial charge in [0.1, 0.15) is 0 Å². The van der Waals surface area contributed by atoms with Gasteiger partial charge in [-0.25, -0.2) is 0 Å². The molecule has 0 aliphatic rings. The fraction of sp³-hybridized carbons (Fsp3) is 0. The molecule has 0 aliphatic carbocycles. The van der Waals surface area contributed by atoms with Crippen LogP contribution >= 0.6 is 0 Å². The van der Waals surface area contributed by atoms with Gasteiger partial charge in [0.25, 0.3) is 0 Å². The normalized spacial score (nSPS) is 9.80. The molecule has 0 aromatic heterocycles. The number of nitrogen functional groups attached to an aromatic ring is 4. The van der Waals surface area contributed by atoms with Crippen molar-refractivity contribution >= 4 is 33.5 Å². The first kappa shape index (κ1) is 13.5. The van der Waals surface area contributed by atoms with Gasteiger partial charge in [0.15, 0.2) is 0 Å². The number of benzene rings is 3. The largest absolute Gasteiger partial charge is 0.399 e. The van der Waals surface area contributed by atoms with Crippen molar-refractivity contribution in [3.63, 3.8) is 0 Å². The van der Waals surface area contributed by atoms with Crippen LogP contribution in [0, 0.1) is 0 Å². The molecule has 4 heteroatoms. The molecule has 20 heavy (non-hydrogen) atoms. The van der Waals surface area contributed by atoms with E-state index >= 15 is 0 Å². The second kappa shape index (κ2) is 5.84. The maximum atomic E-state index is 5.77. The average Bonchev–Trinajstić information content (AvgIpc) is 2.41. The van der Waals surface area contributed by atoms with Crippen LogP contribution in [0.3, 0.4) is 0 Å². The number of hydrogen-bond donors (Lipinski definition) is 4. The SMILES string of the molecule is Nc1cccc(N)c1.Nc1cccc2c(N)cccc12. The predicted molar refractivity (Wildman–Crippen MR) is 88.0 cm³/mol. The summed E-state index contributed by atoms with van der Waals surface area (Å²) in [5, 5.41) is 2.05. The molecule has 0 saturated carbocycles. The summed E-state index contributed by atoms with van der Waals surface area (Å²) in [6, 6.07) is 18.7. The summed E-state index contributed by atoms with van der Waals surface area (Å²) in [4.78, 5) is 0. The van der Waals surface area contributed by atoms with Crippen molar-refractivity contribution in [2.45, 2.75) is 0 Å². The topological polar surface area (TPSA) is 104 Å². The van der Waals surface area contributed by atoms with E-state index in [1.54, 1.807) is 18.2 Å². The van der Waals surface area contributed by atoms with Gasteiger partial charge in [-0.15, -0.1) is 0 Å². The number of fused-ring (bicyclic) bond motifs is 1. The van der Waals surface area contributed by atoms with Gasteiger partial charge in [-0.1, -0.05) is 30.3 Å². The minimum absolute atomic E-state index is 0.713. The monoisotopic (exact) mass is 266 g/mol. The maximum absolute atomic E-state index is 5.77. The molecule has 0 amide bonds. The highest BCUT2D eigenvalue weighted by molar-refractivity contribution is 5.99. The Morgan fingerprint density at radius 3 is 1.25 bits per heavy atom. The zero-order valence-corrected chi connectivity index (χ0v) is 11.1. The van der Waals surface area contributed by atoms with E-state index in [0.29, 0.717) is 11.4 Å².